The van der Waals surface area contributed by atoms with Crippen LogP contribution in [0.3, 0.4) is 0 Å². The van der Waals surface area contributed by atoms with Gasteiger partial charge < -0.3 is 49.2 Å². The van der Waals surface area contributed by atoms with Gasteiger partial charge in [-0.05, 0) is 92.5 Å². The highest BCUT2D eigenvalue weighted by Gasteiger charge is 2.53. The lowest BCUT2D eigenvalue weighted by molar-refractivity contribution is -0.147. The average molecular weight is 825 g/mol. The van der Waals surface area contributed by atoms with E-state index < -0.39 is 64.1 Å². The number of phenols is 4. The smallest absolute Gasteiger partial charge is 0.343 e. The number of hydrogen-bond donors (Lipinski definition) is 5. The molecule has 0 unspecified atom stereocenters. The van der Waals surface area contributed by atoms with E-state index in [4.69, 9.17) is 23.7 Å². The zero-order valence-corrected chi connectivity index (χ0v) is 33.0. The molecule has 0 saturated heterocycles. The van der Waals surface area contributed by atoms with Gasteiger partial charge in [-0.2, -0.15) is 0 Å². The maximum atomic E-state index is 14.3. The number of benzene rings is 2. The molecule has 4 aliphatic rings. The van der Waals surface area contributed by atoms with Gasteiger partial charge in [-0.1, -0.05) is 12.2 Å². The Labute approximate surface area is 342 Å². The zero-order chi connectivity index (χ0) is 43.8. The van der Waals surface area contributed by atoms with Gasteiger partial charge >= 0.3 is 17.9 Å². The van der Waals surface area contributed by atoms with Crippen LogP contribution in [0.1, 0.15) is 59.0 Å². The van der Waals surface area contributed by atoms with Crippen LogP contribution in [0, 0.1) is 13.8 Å². The first-order chi connectivity index (χ1) is 28.2. The predicted octanol–water partition coefficient (Wildman–Crippen LogP) is 4.17. The summed E-state index contributed by atoms with van der Waals surface area (Å²) in [5.74, 6) is -6.73. The quantitative estimate of drug-likeness (QED) is 0.103. The molecule has 0 amide bonds. The molecule has 2 aliphatic carbocycles. The van der Waals surface area contributed by atoms with Crippen LogP contribution in [0.2, 0.25) is 0 Å². The van der Waals surface area contributed by atoms with Crippen LogP contribution in [0.25, 0.3) is 0 Å². The number of aliphatic hydroxyl groups excluding tert-OH is 1. The van der Waals surface area contributed by atoms with E-state index >= 15 is 0 Å². The van der Waals surface area contributed by atoms with Crippen molar-refractivity contribution in [1.82, 2.24) is 0 Å². The molecule has 312 valence electrons. The summed E-state index contributed by atoms with van der Waals surface area (Å²) >= 11 is 0. The molecule has 5 N–H and O–H groups in total. The molecule has 0 bridgehead atoms. The molecule has 16 heteroatoms. The van der Waals surface area contributed by atoms with Crippen molar-refractivity contribution in [1.29, 1.82) is 0 Å². The van der Waals surface area contributed by atoms with Crippen LogP contribution in [0.4, 0.5) is 0 Å². The summed E-state index contributed by atoms with van der Waals surface area (Å²) in [6, 6.07) is 4.28. The van der Waals surface area contributed by atoms with E-state index in [9.17, 15) is 54.3 Å². The number of ketones is 3. The van der Waals surface area contributed by atoms with Crippen molar-refractivity contribution in [2.75, 3.05) is 19.8 Å². The summed E-state index contributed by atoms with van der Waals surface area (Å²) in [5, 5.41) is 51.4. The van der Waals surface area contributed by atoms with E-state index in [0.717, 1.165) is 19.1 Å². The fraction of sp³-hybridized carbons (Fsp3) is 0.273. The van der Waals surface area contributed by atoms with Gasteiger partial charge in [0.15, 0.2) is 5.60 Å². The number of rotatable bonds is 9. The summed E-state index contributed by atoms with van der Waals surface area (Å²) in [6.07, 6.45) is 8.46. The number of ether oxygens (including phenoxy) is 5. The van der Waals surface area contributed by atoms with Crippen LogP contribution in [0.5, 0.6) is 23.0 Å². The SMILES string of the molecule is CC(=O)OC/C=C/C1=CC2=C(CO1)C(=O)[C@](C)(OC(=O)c1c(C)cc(O)cc1O)C(=O)/C2=C\C=C\C1=CC2=C(CO1)C(=O)[C@](C)(OC(=O)c1c(C)cc(O)cc1O)[C@H](O)C2. The first kappa shape index (κ1) is 42.4. The molecular weight excluding hydrogens is 784 g/mol. The summed E-state index contributed by atoms with van der Waals surface area (Å²) in [4.78, 5) is 79.8. The summed E-state index contributed by atoms with van der Waals surface area (Å²) in [7, 11) is 0. The van der Waals surface area contributed by atoms with Crippen LogP contribution < -0.4 is 0 Å². The minimum atomic E-state index is -2.43. The van der Waals surface area contributed by atoms with E-state index in [1.165, 1.54) is 82.4 Å². The number of phenolic OH excluding ortho intramolecular Hbond substituents is 4. The Morgan fingerprint density at radius 1 is 0.783 bits per heavy atom. The van der Waals surface area contributed by atoms with Crippen molar-refractivity contribution in [3.63, 3.8) is 0 Å². The van der Waals surface area contributed by atoms with Crippen LogP contribution in [-0.4, -0.2) is 97.9 Å². The van der Waals surface area contributed by atoms with E-state index in [1.54, 1.807) is 0 Å². The largest absolute Gasteiger partial charge is 0.508 e. The van der Waals surface area contributed by atoms with Gasteiger partial charge in [-0.3, -0.25) is 19.2 Å². The minimum absolute atomic E-state index is 0.00879. The fourth-order valence-corrected chi connectivity index (χ4v) is 7.14. The predicted molar refractivity (Wildman–Crippen MR) is 207 cm³/mol. The minimum Gasteiger partial charge on any atom is -0.508 e. The molecule has 2 aromatic carbocycles. The fourth-order valence-electron chi connectivity index (χ4n) is 7.14. The third kappa shape index (κ3) is 7.96. The van der Waals surface area contributed by atoms with Crippen molar-refractivity contribution in [3.8, 4) is 23.0 Å². The molecular formula is C44H40O16. The molecule has 60 heavy (non-hydrogen) atoms. The van der Waals surface area contributed by atoms with Crippen molar-refractivity contribution in [2.24, 2.45) is 0 Å². The Bertz CT molecular complexity index is 2440. The normalized spacial score (nSPS) is 23.5. The Balaban J connectivity index is 1.31. The number of hydrogen-bond acceptors (Lipinski definition) is 16. The van der Waals surface area contributed by atoms with Gasteiger partial charge in [-0.15, -0.1) is 0 Å². The molecule has 2 heterocycles. The third-order valence-electron chi connectivity index (χ3n) is 10.3. The Morgan fingerprint density at radius 3 is 1.93 bits per heavy atom. The van der Waals surface area contributed by atoms with Gasteiger partial charge in [0.2, 0.25) is 23.0 Å². The van der Waals surface area contributed by atoms with Crippen LogP contribution >= 0.6 is 0 Å². The Kier molecular flexibility index (Phi) is 11.5. The third-order valence-corrected chi connectivity index (χ3v) is 10.3. The first-order valence-electron chi connectivity index (χ1n) is 18.4. The molecule has 3 atom stereocenters. The highest BCUT2D eigenvalue weighted by atomic mass is 16.6. The van der Waals surface area contributed by atoms with E-state index in [-0.39, 0.29) is 93.8 Å². The highest BCUT2D eigenvalue weighted by Crippen LogP contribution is 2.41. The molecule has 0 radical (unpaired) electrons. The standard InChI is InChI=1S/C44H40O16/c1-21-12-25(46)16-33(48)36(21)41(54)59-43(4)35(50)15-24-14-27(57-19-31(24)39(43)52)8-6-10-29-30-18-28(9-7-11-56-23(3)45)58-20-32(30)40(53)44(5,38(29)51)60-42(55)37-22(2)13-26(47)17-34(37)49/h6-10,12-14,16-18,35,46-50H,11,15,19-20H2,1-5H3/b8-6+,9-7+,29-10-/t35-,43-,44-/m1/s1. The molecule has 2 aliphatic heterocycles. The number of carbonyl (C=O) groups excluding carboxylic acids is 6. The van der Waals surface area contributed by atoms with Crippen molar-refractivity contribution < 1.29 is 78.0 Å². The van der Waals surface area contributed by atoms with E-state index in [0.29, 0.717) is 5.57 Å². The highest BCUT2D eigenvalue weighted by molar-refractivity contribution is 6.29. The molecule has 0 spiro atoms. The Hall–Kier alpha value is -7.20. The molecule has 0 saturated carbocycles. The molecule has 0 aromatic heterocycles. The maximum absolute atomic E-state index is 14.3. The molecule has 6 rings (SSSR count). The number of carbonyl (C=O) groups is 6. The number of aryl methyl sites for hydroxylation is 2. The van der Waals surface area contributed by atoms with Crippen molar-refractivity contribution in [2.45, 2.75) is 58.3 Å². The maximum Gasteiger partial charge on any atom is 0.343 e. The average Bonchev–Trinajstić information content (AvgIpc) is 3.15. The second-order valence-electron chi connectivity index (χ2n) is 14.7. The van der Waals surface area contributed by atoms with Gasteiger partial charge in [0.1, 0.15) is 71.6 Å². The monoisotopic (exact) mass is 824 g/mol. The zero-order valence-electron chi connectivity index (χ0n) is 33.0. The van der Waals surface area contributed by atoms with Gasteiger partial charge in [-0.25, -0.2) is 9.59 Å². The Morgan fingerprint density at radius 2 is 1.35 bits per heavy atom. The summed E-state index contributed by atoms with van der Waals surface area (Å²) < 4.78 is 27.6. The number of allylic oxidation sites excluding steroid dienone is 7. The number of esters is 3. The molecule has 2 aromatic rings. The topological polar surface area (TPSA) is 250 Å². The molecule has 16 nitrogen and oxygen atoms in total. The second-order valence-corrected chi connectivity index (χ2v) is 14.7. The van der Waals surface area contributed by atoms with Gasteiger partial charge in [0.05, 0.1) is 0 Å². The van der Waals surface area contributed by atoms with Gasteiger partial charge in [0.25, 0.3) is 0 Å². The number of aromatic hydroxyl groups is 4. The second kappa shape index (κ2) is 16.2. The number of Topliss-reactive ketones (excluding diaryl/α,β-unsaturated/α-hetero) is 3. The van der Waals surface area contributed by atoms with E-state index in [2.05, 4.69) is 0 Å². The lowest BCUT2D eigenvalue weighted by Gasteiger charge is -2.39. The first-order valence-corrected chi connectivity index (χ1v) is 18.4. The van der Waals surface area contributed by atoms with Gasteiger partial charge in [0, 0.05) is 42.2 Å². The van der Waals surface area contributed by atoms with E-state index in [1.807, 2.05) is 0 Å². The molecule has 0 fully saturated rings. The van der Waals surface area contributed by atoms with Crippen molar-refractivity contribution >= 4 is 35.3 Å². The lowest BCUT2D eigenvalue weighted by atomic mass is 9.75. The van der Waals surface area contributed by atoms with Crippen LogP contribution in [0.15, 0.2) is 106 Å². The number of aliphatic hydroxyl groups is 1. The summed E-state index contributed by atoms with van der Waals surface area (Å²) in [5.41, 5.74) is -4.26. The van der Waals surface area contributed by atoms with Crippen molar-refractivity contribution in [3.05, 3.63) is 128 Å². The lowest BCUT2D eigenvalue weighted by Crippen LogP contribution is -2.54. The van der Waals surface area contributed by atoms with Crippen LogP contribution in [-0.2, 0) is 42.9 Å². The summed E-state index contributed by atoms with van der Waals surface area (Å²) in [6.45, 7) is 5.78.